The van der Waals surface area contributed by atoms with Gasteiger partial charge >= 0.3 is 0 Å². The largest absolute Gasteiger partial charge is 0.349 e. The first-order valence-corrected chi connectivity index (χ1v) is 10.3. The second-order valence-electron chi connectivity index (χ2n) is 7.81. The Balaban J connectivity index is 3.01. The number of carbonyl (C=O) groups excluding carboxylic acids is 4. The molecule has 1 atom stereocenters. The van der Waals surface area contributed by atoms with Gasteiger partial charge in [0.15, 0.2) is 0 Å². The van der Waals surface area contributed by atoms with E-state index >= 15 is 0 Å². The van der Waals surface area contributed by atoms with Crippen molar-refractivity contribution in [2.24, 2.45) is 5.92 Å². The molecule has 166 valence electrons. The highest BCUT2D eigenvalue weighted by Gasteiger charge is 2.16. The number of ketones is 1. The Morgan fingerprint density at radius 2 is 1.43 bits per heavy atom. The number of benzene rings is 1. The third kappa shape index (κ3) is 9.65. The summed E-state index contributed by atoms with van der Waals surface area (Å²) in [6, 6.07) is 4.71. The molecule has 0 saturated heterocycles. The summed E-state index contributed by atoms with van der Waals surface area (Å²) in [7, 11) is 1.82. The summed E-state index contributed by atoms with van der Waals surface area (Å²) in [6.45, 7) is 8.08. The first-order chi connectivity index (χ1) is 14.1. The van der Waals surface area contributed by atoms with Crippen LogP contribution in [0.15, 0.2) is 18.2 Å². The summed E-state index contributed by atoms with van der Waals surface area (Å²) in [5.41, 5.74) is 1.15. The molecule has 3 amide bonds. The van der Waals surface area contributed by atoms with Gasteiger partial charge in [-0.1, -0.05) is 13.8 Å². The van der Waals surface area contributed by atoms with Crippen LogP contribution in [-0.2, 0) is 14.4 Å². The number of nitrogens with one attached hydrogen (secondary N) is 4. The van der Waals surface area contributed by atoms with E-state index in [-0.39, 0.29) is 48.3 Å². The molecule has 0 aliphatic carbocycles. The number of rotatable bonds is 12. The summed E-state index contributed by atoms with van der Waals surface area (Å²) >= 11 is 0. The average molecular weight is 419 g/mol. The number of Topliss-reactive ketones (excluding diaryl/α,β-unsaturated/α-hetero) is 1. The molecule has 8 nitrogen and oxygen atoms in total. The summed E-state index contributed by atoms with van der Waals surface area (Å²) in [5, 5.41) is 11.4. The minimum Gasteiger partial charge on any atom is -0.349 e. The van der Waals surface area contributed by atoms with E-state index in [1.54, 1.807) is 18.2 Å². The van der Waals surface area contributed by atoms with Crippen molar-refractivity contribution in [2.45, 2.75) is 59.4 Å². The van der Waals surface area contributed by atoms with Gasteiger partial charge in [-0.25, -0.2) is 0 Å². The number of anilines is 2. The fourth-order valence-electron chi connectivity index (χ4n) is 2.52. The van der Waals surface area contributed by atoms with E-state index in [9.17, 15) is 19.2 Å². The van der Waals surface area contributed by atoms with Crippen LogP contribution in [-0.4, -0.2) is 43.1 Å². The van der Waals surface area contributed by atoms with Crippen molar-refractivity contribution in [3.63, 3.8) is 0 Å². The standard InChI is InChI=1S/C22H34N4O4/c1-14(2)16(4)24-22(30)17-11-18(25-20(28)7-6-10-23-5)13-19(12-17)26-21(29)9-8-15(3)27/h11-14,16,23H,6-10H2,1-5H3,(H,24,30)(H,25,28)(H,26,29). The van der Waals surface area contributed by atoms with Gasteiger partial charge in [-0.3, -0.25) is 14.4 Å². The zero-order chi connectivity index (χ0) is 22.7. The van der Waals surface area contributed by atoms with Crippen molar-refractivity contribution < 1.29 is 19.2 Å². The van der Waals surface area contributed by atoms with E-state index < -0.39 is 0 Å². The average Bonchev–Trinajstić information content (AvgIpc) is 2.66. The smallest absolute Gasteiger partial charge is 0.251 e. The summed E-state index contributed by atoms with van der Waals surface area (Å²) in [6.07, 6.45) is 1.22. The molecule has 0 aliphatic heterocycles. The number of amides is 3. The van der Waals surface area contributed by atoms with Crippen LogP contribution in [0.3, 0.4) is 0 Å². The Kier molecular flexibility index (Phi) is 10.7. The minimum absolute atomic E-state index is 0.0362. The quantitative estimate of drug-likeness (QED) is 0.390. The van der Waals surface area contributed by atoms with Crippen molar-refractivity contribution >= 4 is 34.9 Å². The van der Waals surface area contributed by atoms with Crippen LogP contribution in [0.1, 0.15) is 63.7 Å². The Morgan fingerprint density at radius 3 is 1.93 bits per heavy atom. The SMILES string of the molecule is CNCCCC(=O)Nc1cc(NC(=O)CCC(C)=O)cc(C(=O)NC(C)C(C)C)c1. The molecule has 1 aromatic rings. The van der Waals surface area contributed by atoms with E-state index in [2.05, 4.69) is 21.3 Å². The van der Waals surface area contributed by atoms with E-state index in [4.69, 9.17) is 0 Å². The molecule has 0 spiro atoms. The first kappa shape index (κ1) is 25.3. The van der Waals surface area contributed by atoms with Crippen LogP contribution in [0.25, 0.3) is 0 Å². The molecule has 1 aromatic carbocycles. The molecule has 8 heteroatoms. The molecule has 0 saturated carbocycles. The number of carbonyl (C=O) groups is 4. The number of hydrogen-bond donors (Lipinski definition) is 4. The Labute approximate surface area is 178 Å². The van der Waals surface area contributed by atoms with Crippen LogP contribution in [0.4, 0.5) is 11.4 Å². The molecule has 0 heterocycles. The van der Waals surface area contributed by atoms with Crippen molar-refractivity contribution in [1.29, 1.82) is 0 Å². The van der Waals surface area contributed by atoms with E-state index in [0.29, 0.717) is 29.8 Å². The molecular formula is C22H34N4O4. The third-order valence-corrected chi connectivity index (χ3v) is 4.66. The lowest BCUT2D eigenvalue weighted by atomic mass is 10.1. The van der Waals surface area contributed by atoms with Crippen LogP contribution in [0, 0.1) is 5.92 Å². The summed E-state index contributed by atoms with van der Waals surface area (Å²) in [5.74, 6) is -0.608. The van der Waals surface area contributed by atoms with Crippen LogP contribution >= 0.6 is 0 Å². The molecule has 1 rings (SSSR count). The Hall–Kier alpha value is -2.74. The highest BCUT2D eigenvalue weighted by atomic mass is 16.2. The fourth-order valence-corrected chi connectivity index (χ4v) is 2.52. The molecule has 0 aromatic heterocycles. The third-order valence-electron chi connectivity index (χ3n) is 4.66. The van der Waals surface area contributed by atoms with E-state index in [1.807, 2.05) is 27.8 Å². The van der Waals surface area contributed by atoms with Crippen molar-refractivity contribution in [1.82, 2.24) is 10.6 Å². The summed E-state index contributed by atoms with van der Waals surface area (Å²) in [4.78, 5) is 48.1. The maximum Gasteiger partial charge on any atom is 0.251 e. The highest BCUT2D eigenvalue weighted by Crippen LogP contribution is 2.21. The van der Waals surface area contributed by atoms with E-state index in [0.717, 1.165) is 6.54 Å². The molecule has 0 bridgehead atoms. The van der Waals surface area contributed by atoms with Crippen molar-refractivity contribution in [2.75, 3.05) is 24.2 Å². The highest BCUT2D eigenvalue weighted by molar-refractivity contribution is 6.01. The van der Waals surface area contributed by atoms with Gasteiger partial charge in [0.2, 0.25) is 11.8 Å². The van der Waals surface area contributed by atoms with Gasteiger partial charge in [0, 0.05) is 42.2 Å². The molecule has 30 heavy (non-hydrogen) atoms. The molecule has 0 fully saturated rings. The maximum absolute atomic E-state index is 12.7. The van der Waals surface area contributed by atoms with Gasteiger partial charge in [0.1, 0.15) is 5.78 Å². The van der Waals surface area contributed by atoms with Crippen LogP contribution < -0.4 is 21.3 Å². The predicted molar refractivity (Wildman–Crippen MR) is 119 cm³/mol. The van der Waals surface area contributed by atoms with Gasteiger partial charge in [-0.15, -0.1) is 0 Å². The first-order valence-electron chi connectivity index (χ1n) is 10.3. The Bertz CT molecular complexity index is 762. The van der Waals surface area contributed by atoms with Crippen molar-refractivity contribution in [3.05, 3.63) is 23.8 Å². The van der Waals surface area contributed by atoms with Gasteiger partial charge in [-0.05, 0) is 58.0 Å². The zero-order valence-corrected chi connectivity index (χ0v) is 18.6. The monoisotopic (exact) mass is 418 g/mol. The van der Waals surface area contributed by atoms with Crippen LogP contribution in [0.5, 0.6) is 0 Å². The lowest BCUT2D eigenvalue weighted by Crippen LogP contribution is -2.36. The van der Waals surface area contributed by atoms with Gasteiger partial charge in [0.05, 0.1) is 0 Å². The second kappa shape index (κ2) is 12.7. The predicted octanol–water partition coefficient (Wildman–Crippen LogP) is 2.71. The fraction of sp³-hybridized carbons (Fsp3) is 0.545. The number of hydrogen-bond acceptors (Lipinski definition) is 5. The summed E-state index contributed by atoms with van der Waals surface area (Å²) < 4.78 is 0. The second-order valence-corrected chi connectivity index (χ2v) is 7.81. The van der Waals surface area contributed by atoms with Crippen molar-refractivity contribution in [3.8, 4) is 0 Å². The molecule has 1 unspecified atom stereocenters. The van der Waals surface area contributed by atoms with Gasteiger partial charge < -0.3 is 26.1 Å². The Morgan fingerprint density at radius 1 is 0.867 bits per heavy atom. The zero-order valence-electron chi connectivity index (χ0n) is 18.6. The topological polar surface area (TPSA) is 116 Å². The molecule has 0 radical (unpaired) electrons. The molecular weight excluding hydrogens is 384 g/mol. The van der Waals surface area contributed by atoms with Gasteiger partial charge in [0.25, 0.3) is 5.91 Å². The minimum atomic E-state index is -0.329. The normalized spacial score (nSPS) is 11.7. The van der Waals surface area contributed by atoms with Gasteiger partial charge in [-0.2, -0.15) is 0 Å². The van der Waals surface area contributed by atoms with E-state index in [1.165, 1.54) is 6.92 Å². The molecule has 0 aliphatic rings. The van der Waals surface area contributed by atoms with Crippen LogP contribution in [0.2, 0.25) is 0 Å². The maximum atomic E-state index is 12.7. The lowest BCUT2D eigenvalue weighted by molar-refractivity contribution is -0.121. The lowest BCUT2D eigenvalue weighted by Gasteiger charge is -2.18. The molecule has 4 N–H and O–H groups in total.